The fourth-order valence-electron chi connectivity index (χ4n) is 2.74. The highest BCUT2D eigenvalue weighted by atomic mass is 16.5. The summed E-state index contributed by atoms with van der Waals surface area (Å²) in [6, 6.07) is 0.0300. The lowest BCUT2D eigenvalue weighted by atomic mass is 10.0. The summed E-state index contributed by atoms with van der Waals surface area (Å²) in [7, 11) is 1.65. The maximum absolute atomic E-state index is 12.3. The van der Waals surface area contributed by atoms with E-state index in [0.717, 1.165) is 36.3 Å². The van der Waals surface area contributed by atoms with Crippen LogP contribution in [0.1, 0.15) is 29.8 Å². The summed E-state index contributed by atoms with van der Waals surface area (Å²) in [5.41, 5.74) is 9.14. The van der Waals surface area contributed by atoms with Crippen molar-refractivity contribution in [3.63, 3.8) is 0 Å². The predicted octanol–water partition coefficient (Wildman–Crippen LogP) is 0.534. The molecule has 0 aromatic carbocycles. The van der Waals surface area contributed by atoms with Gasteiger partial charge < -0.3 is 15.4 Å². The van der Waals surface area contributed by atoms with Crippen molar-refractivity contribution in [2.24, 2.45) is 5.73 Å². The van der Waals surface area contributed by atoms with Crippen molar-refractivity contribution in [1.29, 1.82) is 0 Å². The Labute approximate surface area is 119 Å². The van der Waals surface area contributed by atoms with E-state index < -0.39 is 0 Å². The Morgan fingerprint density at radius 3 is 2.90 bits per heavy atom. The molecule has 1 saturated heterocycles. The standard InChI is InChI=1S/C14H24N4O2/c1-9-11(10(2)17-16-9)4-5-14(19)18-7-6-12(15)13(8-18)20-3/h12-13H,4-8,15H2,1-3H3,(H,16,17)/t12-,13+/m1/s1. The molecule has 0 aliphatic carbocycles. The SMILES string of the molecule is CO[C@H]1CN(C(=O)CCc2c(C)n[nH]c2C)CC[C@H]1N. The number of hydrogen-bond donors (Lipinski definition) is 2. The van der Waals surface area contributed by atoms with E-state index in [1.165, 1.54) is 0 Å². The molecule has 112 valence electrons. The summed E-state index contributed by atoms with van der Waals surface area (Å²) < 4.78 is 5.34. The number of carbonyl (C=O) groups excluding carboxylic acids is 1. The summed E-state index contributed by atoms with van der Waals surface area (Å²) in [6.07, 6.45) is 1.98. The number of aryl methyl sites for hydroxylation is 2. The zero-order valence-electron chi connectivity index (χ0n) is 12.5. The fourth-order valence-corrected chi connectivity index (χ4v) is 2.74. The molecule has 6 heteroatoms. The number of aromatic nitrogens is 2. The third-order valence-corrected chi connectivity index (χ3v) is 4.14. The number of hydrogen-bond acceptors (Lipinski definition) is 4. The molecule has 2 rings (SSSR count). The van der Waals surface area contributed by atoms with E-state index in [1.807, 2.05) is 18.7 Å². The molecule has 1 fully saturated rings. The number of H-pyrrole nitrogens is 1. The Morgan fingerprint density at radius 2 is 2.30 bits per heavy atom. The number of likely N-dealkylation sites (tertiary alicyclic amines) is 1. The molecule has 0 bridgehead atoms. The zero-order chi connectivity index (χ0) is 14.7. The van der Waals surface area contributed by atoms with E-state index in [-0.39, 0.29) is 18.1 Å². The van der Waals surface area contributed by atoms with Gasteiger partial charge in [-0.05, 0) is 32.3 Å². The average molecular weight is 280 g/mol. The Balaban J connectivity index is 1.89. The number of ether oxygens (including phenoxy) is 1. The molecule has 0 saturated carbocycles. The first-order chi connectivity index (χ1) is 9.52. The molecule has 1 aliphatic heterocycles. The van der Waals surface area contributed by atoms with E-state index in [9.17, 15) is 4.79 Å². The fraction of sp³-hybridized carbons (Fsp3) is 0.714. The van der Waals surface area contributed by atoms with Gasteiger partial charge in [0, 0.05) is 38.4 Å². The summed E-state index contributed by atoms with van der Waals surface area (Å²) >= 11 is 0. The number of nitrogens with two attached hydrogens (primary N) is 1. The molecule has 6 nitrogen and oxygen atoms in total. The van der Waals surface area contributed by atoms with Crippen molar-refractivity contribution in [2.75, 3.05) is 20.2 Å². The van der Waals surface area contributed by atoms with Gasteiger partial charge in [-0.3, -0.25) is 9.89 Å². The number of rotatable bonds is 4. The minimum atomic E-state index is -0.0508. The second kappa shape index (κ2) is 6.37. The van der Waals surface area contributed by atoms with Crippen LogP contribution in [0.25, 0.3) is 0 Å². The summed E-state index contributed by atoms with van der Waals surface area (Å²) in [6.45, 7) is 5.27. The first-order valence-electron chi connectivity index (χ1n) is 7.09. The first-order valence-corrected chi connectivity index (χ1v) is 7.09. The number of aromatic amines is 1. The Hall–Kier alpha value is -1.40. The van der Waals surface area contributed by atoms with Crippen LogP contribution in [0.3, 0.4) is 0 Å². The molecule has 3 N–H and O–H groups in total. The Bertz CT molecular complexity index is 452. The van der Waals surface area contributed by atoms with Gasteiger partial charge in [-0.2, -0.15) is 5.10 Å². The summed E-state index contributed by atoms with van der Waals surface area (Å²) in [5, 5.41) is 7.11. The second-order valence-corrected chi connectivity index (χ2v) is 5.48. The quantitative estimate of drug-likeness (QED) is 0.843. The van der Waals surface area contributed by atoms with Crippen LogP contribution in [-0.4, -0.2) is 53.3 Å². The maximum Gasteiger partial charge on any atom is 0.222 e. The van der Waals surface area contributed by atoms with E-state index >= 15 is 0 Å². The van der Waals surface area contributed by atoms with Gasteiger partial charge in [0.25, 0.3) is 0 Å². The molecule has 1 aliphatic rings. The number of carbonyl (C=O) groups is 1. The molecule has 2 atom stereocenters. The lowest BCUT2D eigenvalue weighted by Crippen LogP contribution is -2.53. The van der Waals surface area contributed by atoms with Crippen LogP contribution in [0.15, 0.2) is 0 Å². The van der Waals surface area contributed by atoms with Gasteiger partial charge >= 0.3 is 0 Å². The minimum Gasteiger partial charge on any atom is -0.378 e. The molecule has 1 amide bonds. The van der Waals surface area contributed by atoms with Crippen LogP contribution in [0.4, 0.5) is 0 Å². The molecule has 1 aromatic rings. The number of nitrogens with one attached hydrogen (secondary N) is 1. The van der Waals surface area contributed by atoms with Crippen LogP contribution in [-0.2, 0) is 16.0 Å². The highest BCUT2D eigenvalue weighted by Crippen LogP contribution is 2.16. The van der Waals surface area contributed by atoms with E-state index in [2.05, 4.69) is 10.2 Å². The third kappa shape index (κ3) is 3.19. The lowest BCUT2D eigenvalue weighted by molar-refractivity contribution is -0.135. The van der Waals surface area contributed by atoms with Gasteiger partial charge in [0.15, 0.2) is 0 Å². The Kier molecular flexibility index (Phi) is 4.77. The smallest absolute Gasteiger partial charge is 0.222 e. The van der Waals surface area contributed by atoms with Crippen LogP contribution in [0.2, 0.25) is 0 Å². The van der Waals surface area contributed by atoms with E-state index in [0.29, 0.717) is 13.0 Å². The first kappa shape index (κ1) is 15.0. The van der Waals surface area contributed by atoms with Crippen molar-refractivity contribution in [1.82, 2.24) is 15.1 Å². The van der Waals surface area contributed by atoms with E-state index in [1.54, 1.807) is 7.11 Å². The highest BCUT2D eigenvalue weighted by molar-refractivity contribution is 5.76. The topological polar surface area (TPSA) is 84.2 Å². The summed E-state index contributed by atoms with van der Waals surface area (Å²) in [5.74, 6) is 0.166. The van der Waals surface area contributed by atoms with Crippen LogP contribution in [0.5, 0.6) is 0 Å². The number of methoxy groups -OCH3 is 1. The largest absolute Gasteiger partial charge is 0.378 e. The molecule has 2 heterocycles. The van der Waals surface area contributed by atoms with Gasteiger partial charge in [-0.25, -0.2) is 0 Å². The predicted molar refractivity (Wildman–Crippen MR) is 76.4 cm³/mol. The average Bonchev–Trinajstić information content (AvgIpc) is 2.76. The van der Waals surface area contributed by atoms with Crippen molar-refractivity contribution < 1.29 is 9.53 Å². The molecular formula is C14H24N4O2. The van der Waals surface area contributed by atoms with Crippen LogP contribution in [0, 0.1) is 13.8 Å². The molecule has 1 aromatic heterocycles. The number of amides is 1. The molecule has 0 spiro atoms. The molecule has 0 radical (unpaired) electrons. The van der Waals surface area contributed by atoms with Gasteiger partial charge in [0.2, 0.25) is 5.91 Å². The summed E-state index contributed by atoms with van der Waals surface area (Å²) in [4.78, 5) is 14.1. The van der Waals surface area contributed by atoms with Gasteiger partial charge in [-0.1, -0.05) is 0 Å². The molecular weight excluding hydrogens is 256 g/mol. The van der Waals surface area contributed by atoms with Crippen LogP contribution >= 0.6 is 0 Å². The number of nitrogens with zero attached hydrogens (tertiary/aromatic N) is 2. The van der Waals surface area contributed by atoms with Crippen molar-refractivity contribution in [2.45, 2.75) is 45.3 Å². The zero-order valence-corrected chi connectivity index (χ0v) is 12.5. The van der Waals surface area contributed by atoms with Gasteiger partial charge in [-0.15, -0.1) is 0 Å². The molecule has 20 heavy (non-hydrogen) atoms. The maximum atomic E-state index is 12.3. The Morgan fingerprint density at radius 1 is 1.55 bits per heavy atom. The van der Waals surface area contributed by atoms with Gasteiger partial charge in [0.05, 0.1) is 11.8 Å². The number of piperidine rings is 1. The third-order valence-electron chi connectivity index (χ3n) is 4.14. The monoisotopic (exact) mass is 280 g/mol. The highest BCUT2D eigenvalue weighted by Gasteiger charge is 2.29. The van der Waals surface area contributed by atoms with Crippen molar-refractivity contribution in [3.05, 3.63) is 17.0 Å². The van der Waals surface area contributed by atoms with E-state index in [4.69, 9.17) is 10.5 Å². The molecule has 0 unspecified atom stereocenters. The van der Waals surface area contributed by atoms with Crippen molar-refractivity contribution in [3.8, 4) is 0 Å². The normalized spacial score (nSPS) is 23.1. The second-order valence-electron chi connectivity index (χ2n) is 5.48. The van der Waals surface area contributed by atoms with Gasteiger partial charge in [0.1, 0.15) is 0 Å². The minimum absolute atomic E-state index is 0.0300. The lowest BCUT2D eigenvalue weighted by Gasteiger charge is -2.36. The van der Waals surface area contributed by atoms with Crippen molar-refractivity contribution >= 4 is 5.91 Å². The van der Waals surface area contributed by atoms with Crippen LogP contribution < -0.4 is 5.73 Å².